The molecule has 0 atom stereocenters. The smallest absolute Gasteiger partial charge is 0.257 e. The van der Waals surface area contributed by atoms with E-state index in [4.69, 9.17) is 11.6 Å². The van der Waals surface area contributed by atoms with Gasteiger partial charge in [-0.15, -0.1) is 11.3 Å². The van der Waals surface area contributed by atoms with Crippen LogP contribution in [0.2, 0.25) is 5.02 Å². The molecule has 26 heavy (non-hydrogen) atoms. The molecule has 2 aromatic heterocycles. The number of aromatic nitrogens is 3. The molecule has 4 aromatic rings. The summed E-state index contributed by atoms with van der Waals surface area (Å²) in [5.74, 6) is 0.516. The molecule has 0 saturated carbocycles. The molecule has 0 aliphatic carbocycles. The van der Waals surface area contributed by atoms with Gasteiger partial charge in [0.25, 0.3) is 5.91 Å². The van der Waals surface area contributed by atoms with Crippen molar-refractivity contribution in [3.8, 4) is 5.82 Å². The highest BCUT2D eigenvalue weighted by Crippen LogP contribution is 2.28. The van der Waals surface area contributed by atoms with Gasteiger partial charge in [0, 0.05) is 16.0 Å². The van der Waals surface area contributed by atoms with Crippen molar-refractivity contribution >= 4 is 56.8 Å². The third kappa shape index (κ3) is 3.21. The first-order valence-corrected chi connectivity index (χ1v) is 10.2. The summed E-state index contributed by atoms with van der Waals surface area (Å²) in [5.41, 5.74) is 2.43. The first-order valence-electron chi connectivity index (χ1n) is 7.70. The van der Waals surface area contributed by atoms with Crippen molar-refractivity contribution in [3.63, 3.8) is 0 Å². The Morgan fingerprint density at radius 3 is 2.69 bits per heavy atom. The SMILES string of the molecule is CSc1nc2ccccc2n1-c1csc(NC(=O)c2ccc(Cl)cc2)n1. The van der Waals surface area contributed by atoms with Gasteiger partial charge in [0.05, 0.1) is 11.0 Å². The van der Waals surface area contributed by atoms with Crippen molar-refractivity contribution in [1.82, 2.24) is 14.5 Å². The Kier molecular flexibility index (Phi) is 4.67. The maximum absolute atomic E-state index is 12.3. The molecule has 0 aliphatic heterocycles. The fourth-order valence-corrected chi connectivity index (χ4v) is 3.92. The Morgan fingerprint density at radius 2 is 1.92 bits per heavy atom. The molecule has 1 N–H and O–H groups in total. The lowest BCUT2D eigenvalue weighted by atomic mass is 10.2. The van der Waals surface area contributed by atoms with Gasteiger partial charge in [-0.25, -0.2) is 9.97 Å². The van der Waals surface area contributed by atoms with Crippen LogP contribution in [0, 0.1) is 0 Å². The molecule has 8 heteroatoms. The van der Waals surface area contributed by atoms with Crippen LogP contribution in [0.4, 0.5) is 5.13 Å². The summed E-state index contributed by atoms with van der Waals surface area (Å²) in [4.78, 5) is 21.5. The summed E-state index contributed by atoms with van der Waals surface area (Å²) < 4.78 is 1.99. The largest absolute Gasteiger partial charge is 0.298 e. The second-order valence-electron chi connectivity index (χ2n) is 5.39. The van der Waals surface area contributed by atoms with Gasteiger partial charge in [-0.05, 0) is 42.7 Å². The monoisotopic (exact) mass is 400 g/mol. The van der Waals surface area contributed by atoms with Gasteiger partial charge in [0.2, 0.25) is 0 Å². The Bertz CT molecular complexity index is 1090. The van der Waals surface area contributed by atoms with Gasteiger partial charge in [-0.3, -0.25) is 14.7 Å². The number of imidazole rings is 1. The number of nitrogens with zero attached hydrogens (tertiary/aromatic N) is 3. The van der Waals surface area contributed by atoms with Gasteiger partial charge in [0.1, 0.15) is 0 Å². The molecule has 0 unspecified atom stereocenters. The van der Waals surface area contributed by atoms with E-state index >= 15 is 0 Å². The summed E-state index contributed by atoms with van der Waals surface area (Å²) in [5, 5.41) is 6.72. The normalized spacial score (nSPS) is 11.0. The van der Waals surface area contributed by atoms with Gasteiger partial charge < -0.3 is 0 Å². The fourth-order valence-electron chi connectivity index (χ4n) is 2.56. The average Bonchev–Trinajstić information content (AvgIpc) is 3.25. The van der Waals surface area contributed by atoms with Crippen molar-refractivity contribution in [3.05, 3.63) is 64.5 Å². The summed E-state index contributed by atoms with van der Waals surface area (Å²) in [6.07, 6.45) is 1.98. The third-order valence-corrected chi connectivity index (χ3v) is 5.40. The van der Waals surface area contributed by atoms with E-state index in [0.29, 0.717) is 15.7 Å². The lowest BCUT2D eigenvalue weighted by Crippen LogP contribution is -2.11. The molecule has 0 fully saturated rings. The summed E-state index contributed by atoms with van der Waals surface area (Å²) >= 11 is 8.79. The zero-order valence-electron chi connectivity index (χ0n) is 13.6. The lowest BCUT2D eigenvalue weighted by Gasteiger charge is -2.04. The van der Waals surface area contributed by atoms with E-state index in [2.05, 4.69) is 15.3 Å². The van der Waals surface area contributed by atoms with E-state index < -0.39 is 0 Å². The van der Waals surface area contributed by atoms with Crippen LogP contribution in [0.25, 0.3) is 16.9 Å². The number of benzene rings is 2. The zero-order valence-corrected chi connectivity index (χ0v) is 16.0. The van der Waals surface area contributed by atoms with Gasteiger partial charge >= 0.3 is 0 Å². The number of fused-ring (bicyclic) bond motifs is 1. The molecular weight excluding hydrogens is 388 g/mol. The Morgan fingerprint density at radius 1 is 1.15 bits per heavy atom. The van der Waals surface area contributed by atoms with Crippen molar-refractivity contribution in [2.75, 3.05) is 11.6 Å². The van der Waals surface area contributed by atoms with Crippen LogP contribution >= 0.6 is 34.7 Å². The molecule has 2 aromatic carbocycles. The number of hydrogen-bond donors (Lipinski definition) is 1. The van der Waals surface area contributed by atoms with Crippen LogP contribution in [0.1, 0.15) is 10.4 Å². The maximum atomic E-state index is 12.3. The first kappa shape index (κ1) is 17.1. The Balaban J connectivity index is 1.64. The molecule has 5 nitrogen and oxygen atoms in total. The topological polar surface area (TPSA) is 59.8 Å². The number of halogens is 1. The maximum Gasteiger partial charge on any atom is 0.257 e. The van der Waals surface area contributed by atoms with E-state index in [1.165, 1.54) is 11.3 Å². The number of carbonyl (C=O) groups is 1. The molecule has 0 radical (unpaired) electrons. The first-order chi connectivity index (χ1) is 12.7. The predicted molar refractivity (Wildman–Crippen MR) is 108 cm³/mol. The lowest BCUT2D eigenvalue weighted by molar-refractivity contribution is 0.102. The minimum Gasteiger partial charge on any atom is -0.298 e. The quantitative estimate of drug-likeness (QED) is 0.483. The summed E-state index contributed by atoms with van der Waals surface area (Å²) in [6, 6.07) is 14.7. The highest BCUT2D eigenvalue weighted by molar-refractivity contribution is 7.98. The average molecular weight is 401 g/mol. The van der Waals surface area contributed by atoms with Crippen molar-refractivity contribution in [2.24, 2.45) is 0 Å². The standard InChI is InChI=1S/C18H13ClN4OS2/c1-25-18-20-13-4-2-3-5-14(13)23(18)15-10-26-17(21-15)22-16(24)11-6-8-12(19)9-7-11/h2-10H,1H3,(H,21,22,24). The zero-order chi connectivity index (χ0) is 18.1. The fraction of sp³-hybridized carbons (Fsp3) is 0.0556. The van der Waals surface area contributed by atoms with E-state index in [-0.39, 0.29) is 5.91 Å². The third-order valence-electron chi connectivity index (χ3n) is 3.76. The minimum absolute atomic E-state index is 0.219. The van der Waals surface area contributed by atoms with Crippen molar-refractivity contribution in [2.45, 2.75) is 5.16 Å². The van der Waals surface area contributed by atoms with Crippen molar-refractivity contribution in [1.29, 1.82) is 0 Å². The van der Waals surface area contributed by atoms with E-state index in [1.807, 2.05) is 40.5 Å². The summed E-state index contributed by atoms with van der Waals surface area (Å²) in [6.45, 7) is 0. The van der Waals surface area contributed by atoms with Crippen molar-refractivity contribution < 1.29 is 4.79 Å². The highest BCUT2D eigenvalue weighted by atomic mass is 35.5. The molecule has 0 spiro atoms. The van der Waals surface area contributed by atoms with E-state index in [9.17, 15) is 4.79 Å². The minimum atomic E-state index is -0.219. The van der Waals surface area contributed by atoms with Crippen LogP contribution in [0.15, 0.2) is 59.1 Å². The Hall–Kier alpha value is -2.35. The molecule has 2 heterocycles. The van der Waals surface area contributed by atoms with Gasteiger partial charge in [-0.1, -0.05) is 35.5 Å². The molecule has 0 aliphatic rings. The number of rotatable bonds is 4. The van der Waals surface area contributed by atoms with Gasteiger partial charge in [-0.2, -0.15) is 0 Å². The molecule has 130 valence electrons. The van der Waals surface area contributed by atoms with Crippen LogP contribution in [0.3, 0.4) is 0 Å². The number of thiazole rings is 1. The summed E-state index contributed by atoms with van der Waals surface area (Å²) in [7, 11) is 0. The predicted octanol–water partition coefficient (Wildman–Crippen LogP) is 5.11. The second-order valence-corrected chi connectivity index (χ2v) is 7.46. The Labute approximate surface area is 163 Å². The number of carbonyl (C=O) groups excluding carboxylic acids is 1. The number of para-hydroxylation sites is 2. The van der Waals surface area contributed by atoms with E-state index in [0.717, 1.165) is 22.0 Å². The van der Waals surface area contributed by atoms with Crippen LogP contribution in [-0.4, -0.2) is 26.7 Å². The number of thioether (sulfide) groups is 1. The molecule has 0 bridgehead atoms. The van der Waals surface area contributed by atoms with Crippen LogP contribution in [0.5, 0.6) is 0 Å². The molecular formula is C18H13ClN4OS2. The number of amides is 1. The second kappa shape index (κ2) is 7.11. The van der Waals surface area contributed by atoms with Gasteiger partial charge in [0.15, 0.2) is 16.1 Å². The molecule has 1 amide bonds. The van der Waals surface area contributed by atoms with E-state index in [1.54, 1.807) is 36.0 Å². The van der Waals surface area contributed by atoms with Crippen LogP contribution in [-0.2, 0) is 0 Å². The number of anilines is 1. The molecule has 0 saturated heterocycles. The number of hydrogen-bond acceptors (Lipinski definition) is 5. The van der Waals surface area contributed by atoms with Crippen LogP contribution < -0.4 is 5.32 Å². The number of nitrogens with one attached hydrogen (secondary N) is 1. The highest BCUT2D eigenvalue weighted by Gasteiger charge is 2.15. The molecule has 4 rings (SSSR count).